The lowest BCUT2D eigenvalue weighted by Gasteiger charge is -2.51. The minimum absolute atomic E-state index is 0.0127. The first-order valence-corrected chi connectivity index (χ1v) is 18.0. The Morgan fingerprint density at radius 2 is 1.37 bits per heavy atom. The Labute approximate surface area is 308 Å². The Hall–Kier alpha value is -4.77. The largest absolute Gasteiger partial charge is 0.507 e. The molecule has 3 heterocycles. The van der Waals surface area contributed by atoms with Gasteiger partial charge in [0.1, 0.15) is 11.6 Å². The molecule has 4 aromatic rings. The molecule has 3 saturated heterocycles. The number of hydrogen-bond donors (Lipinski definition) is 1. The van der Waals surface area contributed by atoms with Crippen LogP contribution in [-0.4, -0.2) is 64.8 Å². The van der Waals surface area contributed by atoms with Crippen LogP contribution in [0, 0.1) is 23.6 Å². The van der Waals surface area contributed by atoms with Gasteiger partial charge in [-0.05, 0) is 84.3 Å². The molecule has 1 N–H and O–H groups in total. The van der Waals surface area contributed by atoms with Crippen LogP contribution in [0.3, 0.4) is 0 Å². The molecule has 0 bridgehead atoms. The van der Waals surface area contributed by atoms with Crippen LogP contribution in [0.4, 0.5) is 21.5 Å². The smallest absolute Gasteiger partial charge is 0.258 e. The van der Waals surface area contributed by atoms with Crippen molar-refractivity contribution in [2.75, 3.05) is 41.0 Å². The van der Waals surface area contributed by atoms with Crippen molar-refractivity contribution >= 4 is 74.7 Å². The van der Waals surface area contributed by atoms with Gasteiger partial charge in [-0.25, -0.2) is 9.29 Å². The molecule has 4 amide bonds. The van der Waals surface area contributed by atoms with Crippen LogP contribution in [0.5, 0.6) is 5.75 Å². The fourth-order valence-corrected chi connectivity index (χ4v) is 10.1. The molecule has 12 heteroatoms. The minimum atomic E-state index is -2.09. The van der Waals surface area contributed by atoms with Crippen LogP contribution in [0.2, 0.25) is 0 Å². The minimum Gasteiger partial charge on any atom is -0.507 e. The first-order valence-electron chi connectivity index (χ1n) is 17.3. The van der Waals surface area contributed by atoms with Crippen molar-refractivity contribution < 1.29 is 33.4 Å². The number of benzene rings is 4. The van der Waals surface area contributed by atoms with Crippen LogP contribution >= 0.6 is 23.2 Å². The monoisotopic (exact) mass is 739 g/mol. The lowest BCUT2D eigenvalue weighted by Crippen LogP contribution is -2.60. The maximum absolute atomic E-state index is 14.7. The number of rotatable bonds is 4. The van der Waals surface area contributed by atoms with Crippen molar-refractivity contribution in [2.45, 2.75) is 28.5 Å². The second-order valence-corrected chi connectivity index (χ2v) is 15.3. The van der Waals surface area contributed by atoms with Gasteiger partial charge in [0, 0.05) is 30.1 Å². The molecule has 9 rings (SSSR count). The van der Waals surface area contributed by atoms with E-state index in [1.165, 1.54) is 23.1 Å². The number of alkyl halides is 2. The van der Waals surface area contributed by atoms with Crippen LogP contribution in [0.15, 0.2) is 96.6 Å². The molecule has 1 saturated carbocycles. The van der Waals surface area contributed by atoms with Crippen LogP contribution in [0.1, 0.15) is 24.3 Å². The van der Waals surface area contributed by atoms with Crippen LogP contribution in [0.25, 0.3) is 10.8 Å². The third-order valence-electron chi connectivity index (χ3n) is 11.6. The number of ether oxygens (including phenoxy) is 1. The van der Waals surface area contributed by atoms with E-state index >= 15 is 0 Å². The Morgan fingerprint density at radius 1 is 0.731 bits per heavy atom. The lowest BCUT2D eigenvalue weighted by atomic mass is 9.56. The molecule has 0 spiro atoms. The predicted molar refractivity (Wildman–Crippen MR) is 194 cm³/mol. The molecule has 6 unspecified atom stereocenters. The first-order chi connectivity index (χ1) is 25.0. The number of fused-ring (bicyclic) bond motifs is 5. The molecular weight excluding hydrogens is 708 g/mol. The van der Waals surface area contributed by atoms with Gasteiger partial charge in [0.2, 0.25) is 11.8 Å². The van der Waals surface area contributed by atoms with Crippen LogP contribution in [-0.2, 0) is 23.9 Å². The lowest BCUT2D eigenvalue weighted by molar-refractivity contribution is -0.125. The van der Waals surface area contributed by atoms with Crippen molar-refractivity contribution in [3.63, 3.8) is 0 Å². The fourth-order valence-electron chi connectivity index (χ4n) is 9.19. The predicted octanol–water partition coefficient (Wildman–Crippen LogP) is 6.29. The van der Waals surface area contributed by atoms with Gasteiger partial charge >= 0.3 is 0 Å². The van der Waals surface area contributed by atoms with Gasteiger partial charge in [0.05, 0.1) is 36.4 Å². The summed E-state index contributed by atoms with van der Waals surface area (Å²) in [7, 11) is 0. The summed E-state index contributed by atoms with van der Waals surface area (Å²) >= 11 is 15.1. The number of phenols is 1. The molecule has 9 nitrogen and oxygen atoms in total. The molecule has 4 aromatic carbocycles. The van der Waals surface area contributed by atoms with Crippen molar-refractivity contribution in [3.05, 3.63) is 108 Å². The average molecular weight is 741 g/mol. The third-order valence-corrected chi connectivity index (χ3v) is 13.0. The molecular formula is C40H32Cl2FN3O6. The van der Waals surface area contributed by atoms with E-state index in [0.29, 0.717) is 40.8 Å². The molecule has 4 fully saturated rings. The van der Waals surface area contributed by atoms with Crippen molar-refractivity contribution in [2.24, 2.45) is 17.8 Å². The number of anilines is 3. The van der Waals surface area contributed by atoms with Gasteiger partial charge in [-0.1, -0.05) is 42.0 Å². The average Bonchev–Trinajstić information content (AvgIpc) is 3.50. The number of amides is 4. The van der Waals surface area contributed by atoms with Crippen molar-refractivity contribution in [1.82, 2.24) is 0 Å². The summed E-state index contributed by atoms with van der Waals surface area (Å²) in [5.74, 6) is -6.23. The Morgan fingerprint density at radius 3 is 2.08 bits per heavy atom. The number of carbonyl (C=O) groups is 4. The number of aromatic hydroxyl groups is 1. The molecule has 2 aliphatic carbocycles. The highest BCUT2D eigenvalue weighted by Gasteiger charge is 2.76. The number of imide groups is 2. The van der Waals surface area contributed by atoms with Gasteiger partial charge in [0.25, 0.3) is 11.8 Å². The molecule has 5 aliphatic rings. The third kappa shape index (κ3) is 4.50. The molecule has 0 radical (unpaired) electrons. The van der Waals surface area contributed by atoms with E-state index in [1.807, 2.05) is 18.2 Å². The van der Waals surface area contributed by atoms with E-state index < -0.39 is 57.0 Å². The number of allylic oxidation sites excluding steroid dienone is 2. The molecule has 3 aliphatic heterocycles. The van der Waals surface area contributed by atoms with E-state index in [-0.39, 0.29) is 30.2 Å². The molecule has 0 aromatic heterocycles. The summed E-state index contributed by atoms with van der Waals surface area (Å²) in [6.07, 6.45) is 1.90. The number of morpholine rings is 1. The number of halogens is 3. The molecule has 52 heavy (non-hydrogen) atoms. The van der Waals surface area contributed by atoms with E-state index in [1.54, 1.807) is 42.5 Å². The van der Waals surface area contributed by atoms with Crippen molar-refractivity contribution in [3.8, 4) is 5.75 Å². The normalized spacial score (nSPS) is 30.1. The second kappa shape index (κ2) is 11.9. The van der Waals surface area contributed by atoms with Gasteiger partial charge < -0.3 is 14.7 Å². The zero-order chi connectivity index (χ0) is 36.1. The Balaban J connectivity index is 1.17. The van der Waals surface area contributed by atoms with Gasteiger partial charge in [-0.15, -0.1) is 23.2 Å². The number of carbonyl (C=O) groups excluding carboxylic acids is 4. The quantitative estimate of drug-likeness (QED) is 0.149. The maximum Gasteiger partial charge on any atom is 0.258 e. The van der Waals surface area contributed by atoms with Crippen LogP contribution < -0.4 is 14.7 Å². The summed E-state index contributed by atoms with van der Waals surface area (Å²) in [6, 6.07) is 22.5. The zero-order valence-electron chi connectivity index (χ0n) is 27.7. The maximum atomic E-state index is 14.7. The molecule has 6 atom stereocenters. The Kier molecular flexibility index (Phi) is 7.56. The topological polar surface area (TPSA) is 107 Å². The second-order valence-electron chi connectivity index (χ2n) is 14.1. The van der Waals surface area contributed by atoms with Gasteiger partial charge in [-0.2, -0.15) is 0 Å². The summed E-state index contributed by atoms with van der Waals surface area (Å²) in [4.78, 5) is 58.2. The van der Waals surface area contributed by atoms with Gasteiger partial charge in [-0.3, -0.25) is 24.1 Å². The zero-order valence-corrected chi connectivity index (χ0v) is 29.2. The highest BCUT2D eigenvalue weighted by atomic mass is 35.5. The first kappa shape index (κ1) is 33.1. The highest BCUT2D eigenvalue weighted by molar-refractivity contribution is 6.58. The number of phenolic OH excluding ortho intramolecular Hbond substituents is 1. The van der Waals surface area contributed by atoms with Crippen molar-refractivity contribution in [1.29, 1.82) is 0 Å². The van der Waals surface area contributed by atoms with E-state index in [0.717, 1.165) is 35.8 Å². The summed E-state index contributed by atoms with van der Waals surface area (Å²) in [5.41, 5.74) is 2.69. The Bertz CT molecular complexity index is 2220. The fraction of sp³-hybridized carbons (Fsp3) is 0.300. The van der Waals surface area contributed by atoms with E-state index in [2.05, 4.69) is 4.90 Å². The number of nitrogens with zero attached hydrogens (tertiary/aromatic N) is 3. The molecule has 264 valence electrons. The van der Waals surface area contributed by atoms with E-state index in [9.17, 15) is 28.7 Å². The SMILES string of the molecule is O=C1C2CC=C3C(CC4(Cl)C(=O)N(c5ccc(F)cc5)C(=O)C4(Cl)C3c3ccc(O)c4ccccc34)C2C(=O)N1c1ccc(N2CCOCC2)cc1. The standard InChI is InChI=1S/C40H32Cl2FN3O6/c41-39-21-31-29(13-14-30-33(31)36(49)45(35(30)48)24-11-9-23(10-12-24)44-17-19-52-20-18-44)34(28-15-16-32(47)27-4-2-1-3-26(27)28)40(39,42)38(51)46(37(39)50)25-7-5-22(43)6-8-25/h1-13,15-16,30-31,33-34,47H,14,17-21H2. The summed E-state index contributed by atoms with van der Waals surface area (Å²) in [5, 5.41) is 11.9. The number of hydrogen-bond acceptors (Lipinski definition) is 7. The van der Waals surface area contributed by atoms with Gasteiger partial charge in [0.15, 0.2) is 9.75 Å². The summed E-state index contributed by atoms with van der Waals surface area (Å²) in [6.45, 7) is 2.71. The van der Waals surface area contributed by atoms with E-state index in [4.69, 9.17) is 27.9 Å². The summed E-state index contributed by atoms with van der Waals surface area (Å²) < 4.78 is 19.5. The highest BCUT2D eigenvalue weighted by Crippen LogP contribution is 2.66.